The summed E-state index contributed by atoms with van der Waals surface area (Å²) in [6.45, 7) is 2.94. The van der Waals surface area contributed by atoms with Crippen LogP contribution in [-0.2, 0) is 22.9 Å². The number of nitrogens with zero attached hydrogens (tertiary/aromatic N) is 2. The molecule has 0 amide bonds. The minimum atomic E-state index is -3.21. The van der Waals surface area contributed by atoms with Gasteiger partial charge in [0, 0.05) is 38.7 Å². The van der Waals surface area contributed by atoms with E-state index in [9.17, 15) is 8.42 Å². The van der Waals surface area contributed by atoms with Crippen molar-refractivity contribution in [3.63, 3.8) is 0 Å². The molecule has 1 heterocycles. The molecule has 1 saturated carbocycles. The quantitative estimate of drug-likeness (QED) is 0.296. The molecule has 0 bridgehead atoms. The Labute approximate surface area is 208 Å². The number of rotatable bonds is 7. The number of aliphatic imine (C=N–C) groups is 1. The number of hydrogen-bond acceptors (Lipinski definition) is 5. The third kappa shape index (κ3) is 7.91. The van der Waals surface area contributed by atoms with E-state index in [0.717, 1.165) is 29.5 Å². The lowest BCUT2D eigenvalue weighted by Gasteiger charge is -2.22. The van der Waals surface area contributed by atoms with Crippen molar-refractivity contribution in [1.82, 2.24) is 15.6 Å². The van der Waals surface area contributed by atoms with Crippen molar-refractivity contribution in [3.8, 4) is 5.88 Å². The van der Waals surface area contributed by atoms with E-state index in [1.165, 1.54) is 25.5 Å². The van der Waals surface area contributed by atoms with Crippen LogP contribution in [0.15, 0.2) is 46.4 Å². The van der Waals surface area contributed by atoms with Crippen LogP contribution in [0.1, 0.15) is 48.8 Å². The van der Waals surface area contributed by atoms with Crippen molar-refractivity contribution in [2.45, 2.75) is 63.1 Å². The second-order valence-electron chi connectivity index (χ2n) is 8.03. The summed E-state index contributed by atoms with van der Waals surface area (Å²) in [5.74, 6) is 1.34. The molecule has 0 aliphatic heterocycles. The fourth-order valence-electron chi connectivity index (χ4n) is 3.81. The van der Waals surface area contributed by atoms with Gasteiger partial charge < -0.3 is 15.4 Å². The Morgan fingerprint density at radius 3 is 2.34 bits per heavy atom. The van der Waals surface area contributed by atoms with Gasteiger partial charge in [0.2, 0.25) is 5.88 Å². The molecule has 2 N–H and O–H groups in total. The zero-order chi connectivity index (χ0) is 22.3. The van der Waals surface area contributed by atoms with Gasteiger partial charge in [0.15, 0.2) is 15.8 Å². The highest BCUT2D eigenvalue weighted by Crippen LogP contribution is 2.22. The summed E-state index contributed by atoms with van der Waals surface area (Å²) in [6.07, 6.45) is 9.23. The average molecular weight is 573 g/mol. The number of aromatic nitrogens is 1. The molecule has 0 unspecified atom stereocenters. The van der Waals surface area contributed by atoms with Crippen LogP contribution in [0.5, 0.6) is 5.88 Å². The first-order valence-corrected chi connectivity index (χ1v) is 12.6. The van der Waals surface area contributed by atoms with Crippen LogP contribution in [0.2, 0.25) is 0 Å². The predicted molar refractivity (Wildman–Crippen MR) is 138 cm³/mol. The number of guanidine groups is 1. The third-order valence-electron chi connectivity index (χ3n) is 5.42. The van der Waals surface area contributed by atoms with Gasteiger partial charge in [-0.25, -0.2) is 13.4 Å². The molecular formula is C23H33IN4O3S. The smallest absolute Gasteiger partial charge is 0.213 e. The maximum absolute atomic E-state index is 11.8. The summed E-state index contributed by atoms with van der Waals surface area (Å²) in [5.41, 5.74) is 2.80. The Morgan fingerprint density at radius 2 is 1.75 bits per heavy atom. The number of ether oxygens (including phenoxy) is 1. The lowest BCUT2D eigenvalue weighted by atomic mass is 9.98. The highest BCUT2D eigenvalue weighted by Gasteiger charge is 2.15. The van der Waals surface area contributed by atoms with Gasteiger partial charge in [-0.3, -0.25) is 4.99 Å². The molecular weight excluding hydrogens is 539 g/mol. The number of benzene rings is 1. The van der Waals surface area contributed by atoms with Crippen LogP contribution in [0.3, 0.4) is 0 Å². The molecule has 9 heteroatoms. The van der Waals surface area contributed by atoms with Gasteiger partial charge >= 0.3 is 0 Å². The molecule has 0 spiro atoms. The summed E-state index contributed by atoms with van der Waals surface area (Å²) in [4.78, 5) is 8.98. The molecule has 1 fully saturated rings. The SMILES string of the molecule is CN=C(NCc1ccnc(OC2CCCCC2)c1)NCc1ccc(S(C)(=O)=O)c(C)c1.I. The Hall–Kier alpha value is -1.88. The molecule has 32 heavy (non-hydrogen) atoms. The molecule has 0 atom stereocenters. The van der Waals surface area contributed by atoms with E-state index >= 15 is 0 Å². The molecule has 2 aromatic rings. The van der Waals surface area contributed by atoms with Crippen LogP contribution in [-0.4, -0.2) is 38.8 Å². The van der Waals surface area contributed by atoms with Crippen molar-refractivity contribution in [2.24, 2.45) is 4.99 Å². The Kier molecular flexibility index (Phi) is 10.2. The molecule has 3 rings (SSSR count). The third-order valence-corrected chi connectivity index (χ3v) is 6.68. The summed E-state index contributed by atoms with van der Waals surface area (Å²) in [5, 5.41) is 6.56. The molecule has 1 aliphatic carbocycles. The average Bonchev–Trinajstić information content (AvgIpc) is 2.74. The van der Waals surface area contributed by atoms with Crippen LogP contribution in [0, 0.1) is 6.92 Å². The van der Waals surface area contributed by atoms with Gasteiger partial charge in [-0.1, -0.05) is 18.6 Å². The van der Waals surface area contributed by atoms with E-state index in [1.807, 2.05) is 31.2 Å². The minimum absolute atomic E-state index is 0. The minimum Gasteiger partial charge on any atom is -0.474 e. The van der Waals surface area contributed by atoms with Crippen molar-refractivity contribution in [1.29, 1.82) is 0 Å². The summed E-state index contributed by atoms with van der Waals surface area (Å²) in [7, 11) is -1.49. The standard InChI is InChI=1S/C23H32N4O3S.HI/c1-17-13-18(9-10-21(17)31(3,28)29)15-26-23(24-2)27-16-19-11-12-25-22(14-19)30-20-7-5-4-6-8-20;/h9-14,20H,4-8,15-16H2,1-3H3,(H2,24,26,27);1H. The molecule has 1 aromatic carbocycles. The number of sulfone groups is 1. The first-order valence-electron chi connectivity index (χ1n) is 10.7. The van der Waals surface area contributed by atoms with Gasteiger partial charge in [0.05, 0.1) is 4.90 Å². The van der Waals surface area contributed by atoms with E-state index < -0.39 is 9.84 Å². The zero-order valence-electron chi connectivity index (χ0n) is 18.9. The van der Waals surface area contributed by atoms with Crippen molar-refractivity contribution < 1.29 is 13.2 Å². The molecule has 0 radical (unpaired) electrons. The molecule has 7 nitrogen and oxygen atoms in total. The predicted octanol–water partition coefficient (Wildman–Crippen LogP) is 3.99. The maximum atomic E-state index is 11.8. The van der Waals surface area contributed by atoms with Crippen LogP contribution in [0.4, 0.5) is 0 Å². The van der Waals surface area contributed by atoms with Crippen molar-refractivity contribution in [3.05, 3.63) is 53.2 Å². The number of halogens is 1. The van der Waals surface area contributed by atoms with Gasteiger partial charge in [-0.15, -0.1) is 24.0 Å². The Morgan fingerprint density at radius 1 is 1.09 bits per heavy atom. The molecule has 0 saturated heterocycles. The second-order valence-corrected chi connectivity index (χ2v) is 10.0. The van der Waals surface area contributed by atoms with Crippen molar-refractivity contribution in [2.75, 3.05) is 13.3 Å². The van der Waals surface area contributed by atoms with Crippen LogP contribution >= 0.6 is 24.0 Å². The summed E-state index contributed by atoms with van der Waals surface area (Å²) in [6, 6.07) is 9.29. The van der Waals surface area contributed by atoms with E-state index in [4.69, 9.17) is 4.74 Å². The highest BCUT2D eigenvalue weighted by atomic mass is 127. The van der Waals surface area contributed by atoms with Gasteiger partial charge in [-0.2, -0.15) is 0 Å². The zero-order valence-corrected chi connectivity index (χ0v) is 22.1. The van der Waals surface area contributed by atoms with E-state index in [0.29, 0.717) is 29.8 Å². The highest BCUT2D eigenvalue weighted by molar-refractivity contribution is 14.0. The normalized spacial score (nSPS) is 15.0. The topological polar surface area (TPSA) is 92.7 Å². The van der Waals surface area contributed by atoms with Gasteiger partial charge in [0.25, 0.3) is 0 Å². The fourth-order valence-corrected chi connectivity index (χ4v) is 4.77. The molecule has 1 aromatic heterocycles. The first kappa shape index (κ1) is 26.4. The van der Waals surface area contributed by atoms with E-state index in [2.05, 4.69) is 20.6 Å². The number of pyridine rings is 1. The first-order chi connectivity index (χ1) is 14.8. The largest absolute Gasteiger partial charge is 0.474 e. The Bertz CT molecular complexity index is 1020. The van der Waals surface area contributed by atoms with E-state index in [-0.39, 0.29) is 30.1 Å². The van der Waals surface area contributed by atoms with Crippen molar-refractivity contribution >= 4 is 39.8 Å². The number of nitrogens with one attached hydrogen (secondary N) is 2. The van der Waals surface area contributed by atoms with Crippen LogP contribution in [0.25, 0.3) is 0 Å². The lowest BCUT2D eigenvalue weighted by molar-refractivity contribution is 0.148. The van der Waals surface area contributed by atoms with E-state index in [1.54, 1.807) is 19.3 Å². The van der Waals surface area contributed by atoms with Gasteiger partial charge in [-0.05, 0) is 61.4 Å². The maximum Gasteiger partial charge on any atom is 0.213 e. The van der Waals surface area contributed by atoms with Crippen LogP contribution < -0.4 is 15.4 Å². The summed E-state index contributed by atoms with van der Waals surface area (Å²) >= 11 is 0. The Balaban J connectivity index is 0.00000363. The lowest BCUT2D eigenvalue weighted by Crippen LogP contribution is -2.36. The molecule has 176 valence electrons. The van der Waals surface area contributed by atoms with Gasteiger partial charge in [0.1, 0.15) is 6.10 Å². The monoisotopic (exact) mass is 572 g/mol. The second kappa shape index (κ2) is 12.4. The molecule has 1 aliphatic rings. The fraction of sp³-hybridized carbons (Fsp3) is 0.478. The number of hydrogen-bond donors (Lipinski definition) is 2. The summed E-state index contributed by atoms with van der Waals surface area (Å²) < 4.78 is 29.6. The number of aryl methyl sites for hydroxylation is 1.